The Morgan fingerprint density at radius 2 is 1.73 bits per heavy atom. The quantitative estimate of drug-likeness (QED) is 0.681. The minimum absolute atomic E-state index is 0.236. The monoisotopic (exact) mass is 413 g/mol. The molecular weight excluding hydrogens is 391 g/mol. The summed E-state index contributed by atoms with van der Waals surface area (Å²) in [5.41, 5.74) is 4.47. The second kappa shape index (κ2) is 7.72. The molecule has 2 aromatic carbocycles. The predicted molar refractivity (Wildman–Crippen MR) is 109 cm³/mol. The van der Waals surface area contributed by atoms with Crippen LogP contribution in [-0.2, 0) is 25.7 Å². The second-order valence-electron chi connectivity index (χ2n) is 7.87. The third-order valence-electron chi connectivity index (χ3n) is 5.32. The third-order valence-corrected chi connectivity index (χ3v) is 5.32. The number of H-pyrrole nitrogens is 1. The fourth-order valence-corrected chi connectivity index (χ4v) is 3.99. The number of fused-ring (bicyclic) bond motifs is 1. The molecule has 0 saturated carbocycles. The number of benzene rings is 2. The van der Waals surface area contributed by atoms with Gasteiger partial charge in [-0.25, -0.2) is 4.98 Å². The SMILES string of the molecule is Cc1cc(C)cc(CN2CCc3nc(-c4ccc(C(F)(F)F)cc4)[nH]c(=O)c3C2)c1. The Balaban J connectivity index is 1.56. The van der Waals surface area contributed by atoms with E-state index in [1.165, 1.54) is 28.8 Å². The number of hydrogen-bond donors (Lipinski definition) is 1. The van der Waals surface area contributed by atoms with Crippen LogP contribution in [-0.4, -0.2) is 21.4 Å². The molecule has 1 aliphatic heterocycles. The first kappa shape index (κ1) is 20.3. The molecule has 4 rings (SSSR count). The van der Waals surface area contributed by atoms with E-state index in [1.807, 2.05) is 0 Å². The van der Waals surface area contributed by atoms with Gasteiger partial charge in [0.05, 0.1) is 16.8 Å². The summed E-state index contributed by atoms with van der Waals surface area (Å²) in [7, 11) is 0. The van der Waals surface area contributed by atoms with Crippen LogP contribution in [0.5, 0.6) is 0 Å². The van der Waals surface area contributed by atoms with Crippen LogP contribution in [0.2, 0.25) is 0 Å². The Labute approximate surface area is 172 Å². The van der Waals surface area contributed by atoms with E-state index in [0.717, 1.165) is 25.2 Å². The Bertz CT molecular complexity index is 1110. The number of rotatable bonds is 3. The molecule has 0 fully saturated rings. The molecule has 0 amide bonds. The molecular formula is C23H22F3N3O. The van der Waals surface area contributed by atoms with Gasteiger partial charge in [-0.2, -0.15) is 13.2 Å². The van der Waals surface area contributed by atoms with Crippen LogP contribution in [0.4, 0.5) is 13.2 Å². The van der Waals surface area contributed by atoms with Crippen LogP contribution in [0, 0.1) is 13.8 Å². The van der Waals surface area contributed by atoms with E-state index in [1.54, 1.807) is 0 Å². The molecule has 0 spiro atoms. The zero-order valence-electron chi connectivity index (χ0n) is 16.8. The van der Waals surface area contributed by atoms with Gasteiger partial charge >= 0.3 is 6.18 Å². The van der Waals surface area contributed by atoms with Gasteiger partial charge in [0.15, 0.2) is 0 Å². The number of aryl methyl sites for hydroxylation is 2. The average molecular weight is 413 g/mol. The molecule has 0 atom stereocenters. The summed E-state index contributed by atoms with van der Waals surface area (Å²) in [4.78, 5) is 22.2. The highest BCUT2D eigenvalue weighted by Gasteiger charge is 2.30. The van der Waals surface area contributed by atoms with Crippen LogP contribution in [0.3, 0.4) is 0 Å². The van der Waals surface area contributed by atoms with Crippen molar-refractivity contribution in [2.45, 2.75) is 39.5 Å². The van der Waals surface area contributed by atoms with Gasteiger partial charge in [0.2, 0.25) is 0 Å². The topological polar surface area (TPSA) is 49.0 Å². The molecule has 0 radical (unpaired) electrons. The van der Waals surface area contributed by atoms with E-state index in [9.17, 15) is 18.0 Å². The van der Waals surface area contributed by atoms with Gasteiger partial charge in [-0.3, -0.25) is 9.69 Å². The van der Waals surface area contributed by atoms with Gasteiger partial charge in [-0.1, -0.05) is 41.5 Å². The van der Waals surface area contributed by atoms with E-state index < -0.39 is 11.7 Å². The smallest absolute Gasteiger partial charge is 0.306 e. The molecule has 0 bridgehead atoms. The lowest BCUT2D eigenvalue weighted by atomic mass is 10.0. The zero-order valence-corrected chi connectivity index (χ0v) is 16.8. The first-order valence-corrected chi connectivity index (χ1v) is 9.78. The molecule has 156 valence electrons. The van der Waals surface area contributed by atoms with E-state index in [4.69, 9.17) is 0 Å². The lowest BCUT2D eigenvalue weighted by Crippen LogP contribution is -2.35. The van der Waals surface area contributed by atoms with Crippen molar-refractivity contribution in [1.82, 2.24) is 14.9 Å². The average Bonchev–Trinajstić information content (AvgIpc) is 2.67. The van der Waals surface area contributed by atoms with Gasteiger partial charge in [0.1, 0.15) is 5.82 Å². The summed E-state index contributed by atoms with van der Waals surface area (Å²) in [5, 5.41) is 0. The zero-order chi connectivity index (χ0) is 21.5. The maximum absolute atomic E-state index is 12.8. The summed E-state index contributed by atoms with van der Waals surface area (Å²) in [5.74, 6) is 0.301. The lowest BCUT2D eigenvalue weighted by molar-refractivity contribution is -0.137. The summed E-state index contributed by atoms with van der Waals surface area (Å²) < 4.78 is 38.3. The molecule has 1 aliphatic rings. The van der Waals surface area contributed by atoms with Crippen molar-refractivity contribution in [3.8, 4) is 11.4 Å². The molecule has 1 N–H and O–H groups in total. The van der Waals surface area contributed by atoms with E-state index in [0.29, 0.717) is 35.6 Å². The van der Waals surface area contributed by atoms with Crippen molar-refractivity contribution < 1.29 is 13.2 Å². The molecule has 0 unspecified atom stereocenters. The molecule has 0 saturated heterocycles. The fourth-order valence-electron chi connectivity index (χ4n) is 3.99. The number of nitrogens with one attached hydrogen (secondary N) is 1. The molecule has 3 aromatic rings. The summed E-state index contributed by atoms with van der Waals surface area (Å²) in [6.45, 7) is 6.15. The minimum atomic E-state index is -4.39. The highest BCUT2D eigenvalue weighted by Crippen LogP contribution is 2.30. The standard InChI is InChI=1S/C23H22F3N3O/c1-14-9-15(2)11-16(10-14)12-29-8-7-20-19(13-29)22(30)28-21(27-20)17-3-5-18(6-4-17)23(24,25)26/h3-6,9-11H,7-8,12-13H2,1-2H3,(H,27,28,30). The van der Waals surface area contributed by atoms with Gasteiger partial charge in [-0.15, -0.1) is 0 Å². The van der Waals surface area contributed by atoms with E-state index in [2.05, 4.69) is 46.9 Å². The van der Waals surface area contributed by atoms with Crippen LogP contribution >= 0.6 is 0 Å². The normalized spacial score (nSPS) is 14.6. The lowest BCUT2D eigenvalue weighted by Gasteiger charge is -2.28. The largest absolute Gasteiger partial charge is 0.416 e. The maximum atomic E-state index is 12.8. The van der Waals surface area contributed by atoms with E-state index in [-0.39, 0.29) is 5.56 Å². The highest BCUT2D eigenvalue weighted by molar-refractivity contribution is 5.56. The van der Waals surface area contributed by atoms with Crippen LogP contribution in [0.25, 0.3) is 11.4 Å². The summed E-state index contributed by atoms with van der Waals surface area (Å²) >= 11 is 0. The van der Waals surface area contributed by atoms with Gasteiger partial charge in [0, 0.05) is 31.6 Å². The first-order valence-electron chi connectivity index (χ1n) is 9.78. The van der Waals surface area contributed by atoms with Gasteiger partial charge < -0.3 is 4.98 Å². The summed E-state index contributed by atoms with van der Waals surface area (Å²) in [6, 6.07) is 11.1. The molecule has 4 nitrogen and oxygen atoms in total. The van der Waals surface area contributed by atoms with Crippen molar-refractivity contribution in [3.05, 3.63) is 86.3 Å². The van der Waals surface area contributed by atoms with E-state index >= 15 is 0 Å². The highest BCUT2D eigenvalue weighted by atomic mass is 19.4. The number of nitrogens with zero attached hydrogens (tertiary/aromatic N) is 2. The Morgan fingerprint density at radius 1 is 1.07 bits per heavy atom. The molecule has 1 aromatic heterocycles. The van der Waals surface area contributed by atoms with Crippen molar-refractivity contribution >= 4 is 0 Å². The third kappa shape index (κ3) is 4.31. The number of aromatic amines is 1. The summed E-state index contributed by atoms with van der Waals surface area (Å²) in [6.07, 6.45) is -3.77. The number of hydrogen-bond acceptors (Lipinski definition) is 3. The van der Waals surface area contributed by atoms with Crippen LogP contribution in [0.1, 0.15) is 33.5 Å². The Morgan fingerprint density at radius 3 is 2.37 bits per heavy atom. The van der Waals surface area contributed by atoms with Crippen LogP contribution in [0.15, 0.2) is 47.3 Å². The van der Waals surface area contributed by atoms with Crippen molar-refractivity contribution in [2.75, 3.05) is 6.54 Å². The number of alkyl halides is 3. The predicted octanol–water partition coefficient (Wildman–Crippen LogP) is 4.63. The van der Waals surface area contributed by atoms with Gasteiger partial charge in [-0.05, 0) is 31.5 Å². The van der Waals surface area contributed by atoms with Crippen LogP contribution < -0.4 is 5.56 Å². The first-order chi connectivity index (χ1) is 14.2. The minimum Gasteiger partial charge on any atom is -0.306 e. The second-order valence-corrected chi connectivity index (χ2v) is 7.87. The molecule has 7 heteroatoms. The van der Waals surface area contributed by atoms with Gasteiger partial charge in [0.25, 0.3) is 5.56 Å². The van der Waals surface area contributed by atoms with Crippen molar-refractivity contribution in [2.24, 2.45) is 0 Å². The van der Waals surface area contributed by atoms with Crippen molar-refractivity contribution in [1.29, 1.82) is 0 Å². The van der Waals surface area contributed by atoms with Crippen molar-refractivity contribution in [3.63, 3.8) is 0 Å². The fraction of sp³-hybridized carbons (Fsp3) is 0.304. The number of aromatic nitrogens is 2. The maximum Gasteiger partial charge on any atom is 0.416 e. The number of halogens is 3. The molecule has 30 heavy (non-hydrogen) atoms. The molecule has 0 aliphatic carbocycles. The molecule has 2 heterocycles. The Hall–Kier alpha value is -2.93. The Kier molecular flexibility index (Phi) is 5.24.